The average molecular weight is 224 g/mol. The van der Waals surface area contributed by atoms with E-state index in [9.17, 15) is 8.78 Å². The smallest absolute Gasteiger partial charge is 0.183 e. The first kappa shape index (κ1) is 12.4. The van der Waals surface area contributed by atoms with Gasteiger partial charge >= 0.3 is 0 Å². The van der Waals surface area contributed by atoms with Gasteiger partial charge in [-0.15, -0.1) is 0 Å². The van der Waals surface area contributed by atoms with Crippen molar-refractivity contribution in [2.75, 3.05) is 18.5 Å². The fourth-order valence-electron chi connectivity index (χ4n) is 1.44. The van der Waals surface area contributed by atoms with Crippen molar-refractivity contribution in [2.24, 2.45) is 0 Å². The first-order valence-corrected chi connectivity index (χ1v) is 5.21. The molecule has 0 aliphatic carbocycles. The standard InChI is InChI=1S/C12H14F2N2/c1-3-4-7-16(2)10-6-5-9(8-15)11(13)12(10)14/h5-6H,3-4,7H2,1-2H3. The van der Waals surface area contributed by atoms with Gasteiger partial charge in [0.1, 0.15) is 6.07 Å². The second kappa shape index (κ2) is 5.45. The van der Waals surface area contributed by atoms with E-state index < -0.39 is 11.6 Å². The van der Waals surface area contributed by atoms with E-state index in [1.54, 1.807) is 18.0 Å². The lowest BCUT2D eigenvalue weighted by Crippen LogP contribution is -2.20. The van der Waals surface area contributed by atoms with E-state index in [0.29, 0.717) is 6.54 Å². The van der Waals surface area contributed by atoms with Crippen LogP contribution in [0, 0.1) is 23.0 Å². The molecule has 0 atom stereocenters. The van der Waals surface area contributed by atoms with Gasteiger partial charge in [0, 0.05) is 13.6 Å². The van der Waals surface area contributed by atoms with E-state index in [1.165, 1.54) is 12.1 Å². The second-order valence-electron chi connectivity index (χ2n) is 3.65. The number of rotatable bonds is 4. The molecule has 1 rings (SSSR count). The summed E-state index contributed by atoms with van der Waals surface area (Å²) >= 11 is 0. The number of hydrogen-bond acceptors (Lipinski definition) is 2. The summed E-state index contributed by atoms with van der Waals surface area (Å²) in [5.41, 5.74) is -0.0601. The summed E-state index contributed by atoms with van der Waals surface area (Å²) in [6.45, 7) is 2.70. The highest BCUT2D eigenvalue weighted by Gasteiger charge is 2.15. The maximum absolute atomic E-state index is 13.6. The van der Waals surface area contributed by atoms with Gasteiger partial charge in [0.05, 0.1) is 11.3 Å². The number of halogens is 2. The molecule has 0 heterocycles. The molecule has 0 amide bonds. The van der Waals surface area contributed by atoms with Gasteiger partial charge in [-0.05, 0) is 18.6 Å². The molecule has 0 aromatic heterocycles. The fraction of sp³-hybridized carbons (Fsp3) is 0.417. The predicted octanol–water partition coefficient (Wildman–Crippen LogP) is 3.07. The fourth-order valence-corrected chi connectivity index (χ4v) is 1.44. The van der Waals surface area contributed by atoms with Gasteiger partial charge < -0.3 is 4.90 Å². The zero-order chi connectivity index (χ0) is 12.1. The van der Waals surface area contributed by atoms with E-state index in [4.69, 9.17) is 5.26 Å². The Balaban J connectivity index is 2.99. The Labute approximate surface area is 94.1 Å². The molecule has 2 nitrogen and oxygen atoms in total. The SMILES string of the molecule is CCCCN(C)c1ccc(C#N)c(F)c1F. The van der Waals surface area contributed by atoms with Crippen LogP contribution in [-0.4, -0.2) is 13.6 Å². The Bertz CT molecular complexity index is 410. The maximum atomic E-state index is 13.6. The number of nitrogens with zero attached hydrogens (tertiary/aromatic N) is 2. The summed E-state index contributed by atoms with van der Waals surface area (Å²) in [5.74, 6) is -2.01. The molecule has 0 spiro atoms. The first-order chi connectivity index (χ1) is 7.61. The van der Waals surface area contributed by atoms with Crippen LogP contribution >= 0.6 is 0 Å². The molecule has 0 bridgehead atoms. The second-order valence-corrected chi connectivity index (χ2v) is 3.65. The van der Waals surface area contributed by atoms with Crippen LogP contribution < -0.4 is 4.90 Å². The van der Waals surface area contributed by atoms with Crippen LogP contribution in [0.5, 0.6) is 0 Å². The molecular formula is C12H14F2N2. The van der Waals surface area contributed by atoms with Crippen molar-refractivity contribution in [3.8, 4) is 6.07 Å². The van der Waals surface area contributed by atoms with Crippen LogP contribution in [0.4, 0.5) is 14.5 Å². The van der Waals surface area contributed by atoms with Crippen molar-refractivity contribution in [3.63, 3.8) is 0 Å². The number of benzene rings is 1. The normalized spacial score (nSPS) is 9.94. The zero-order valence-electron chi connectivity index (χ0n) is 9.43. The molecule has 0 fully saturated rings. The molecule has 0 aliphatic rings. The molecule has 0 saturated carbocycles. The molecule has 0 unspecified atom stereocenters. The largest absolute Gasteiger partial charge is 0.372 e. The minimum atomic E-state index is -1.07. The van der Waals surface area contributed by atoms with Crippen LogP contribution in [0.3, 0.4) is 0 Å². The molecule has 1 aromatic rings. The van der Waals surface area contributed by atoms with E-state index in [-0.39, 0.29) is 11.3 Å². The van der Waals surface area contributed by atoms with Crippen molar-refractivity contribution in [1.29, 1.82) is 5.26 Å². The lowest BCUT2D eigenvalue weighted by atomic mass is 10.2. The third-order valence-electron chi connectivity index (χ3n) is 2.44. The van der Waals surface area contributed by atoms with Gasteiger partial charge in [-0.2, -0.15) is 5.26 Å². The highest BCUT2D eigenvalue weighted by atomic mass is 19.2. The Morgan fingerprint density at radius 1 is 1.31 bits per heavy atom. The Morgan fingerprint density at radius 2 is 2.00 bits per heavy atom. The van der Waals surface area contributed by atoms with Crippen molar-refractivity contribution in [2.45, 2.75) is 19.8 Å². The quantitative estimate of drug-likeness (QED) is 0.785. The third-order valence-corrected chi connectivity index (χ3v) is 2.44. The zero-order valence-corrected chi connectivity index (χ0v) is 9.43. The molecular weight excluding hydrogens is 210 g/mol. The summed E-state index contributed by atoms with van der Waals surface area (Å²) in [4.78, 5) is 1.66. The van der Waals surface area contributed by atoms with Crippen molar-refractivity contribution in [1.82, 2.24) is 0 Å². The van der Waals surface area contributed by atoms with Crippen molar-refractivity contribution in [3.05, 3.63) is 29.3 Å². The third kappa shape index (κ3) is 2.48. The highest BCUT2D eigenvalue weighted by Crippen LogP contribution is 2.23. The molecule has 0 N–H and O–H groups in total. The molecule has 0 aliphatic heterocycles. The van der Waals surface area contributed by atoms with E-state index in [2.05, 4.69) is 0 Å². The molecule has 1 aromatic carbocycles. The summed E-state index contributed by atoms with van der Waals surface area (Å²) in [7, 11) is 1.71. The molecule has 0 radical (unpaired) electrons. The Hall–Kier alpha value is -1.63. The summed E-state index contributed by atoms with van der Waals surface area (Å²) in [6, 6.07) is 4.35. The minimum absolute atomic E-state index is 0.199. The lowest BCUT2D eigenvalue weighted by Gasteiger charge is -2.19. The van der Waals surface area contributed by atoms with Gasteiger partial charge in [0.25, 0.3) is 0 Å². The maximum Gasteiger partial charge on any atom is 0.183 e. The van der Waals surface area contributed by atoms with E-state index in [1.807, 2.05) is 6.92 Å². The predicted molar refractivity (Wildman–Crippen MR) is 59.3 cm³/mol. The summed E-state index contributed by atoms with van der Waals surface area (Å²) in [5, 5.41) is 8.54. The molecule has 16 heavy (non-hydrogen) atoms. The van der Waals surface area contributed by atoms with Crippen LogP contribution in [0.15, 0.2) is 12.1 Å². The monoisotopic (exact) mass is 224 g/mol. The van der Waals surface area contributed by atoms with Gasteiger partial charge in [-0.3, -0.25) is 0 Å². The number of anilines is 1. The number of nitriles is 1. The molecule has 0 saturated heterocycles. The van der Waals surface area contributed by atoms with E-state index in [0.717, 1.165) is 12.8 Å². The Morgan fingerprint density at radius 3 is 2.56 bits per heavy atom. The lowest BCUT2D eigenvalue weighted by molar-refractivity contribution is 0.505. The van der Waals surface area contributed by atoms with Gasteiger partial charge in [0.2, 0.25) is 0 Å². The van der Waals surface area contributed by atoms with E-state index >= 15 is 0 Å². The van der Waals surface area contributed by atoms with Crippen molar-refractivity contribution >= 4 is 5.69 Å². The molecule has 86 valence electrons. The van der Waals surface area contributed by atoms with Crippen molar-refractivity contribution < 1.29 is 8.78 Å². The summed E-state index contributed by atoms with van der Waals surface area (Å²) in [6.07, 6.45) is 1.91. The summed E-state index contributed by atoms with van der Waals surface area (Å²) < 4.78 is 26.9. The van der Waals surface area contributed by atoms with Gasteiger partial charge in [0.15, 0.2) is 11.6 Å². The molecule has 4 heteroatoms. The topological polar surface area (TPSA) is 27.0 Å². The number of unbranched alkanes of at least 4 members (excludes halogenated alkanes) is 1. The van der Waals surface area contributed by atoms with Gasteiger partial charge in [-0.1, -0.05) is 13.3 Å². The Kier molecular flexibility index (Phi) is 4.24. The highest BCUT2D eigenvalue weighted by molar-refractivity contribution is 5.51. The number of hydrogen-bond donors (Lipinski definition) is 0. The van der Waals surface area contributed by atoms with Gasteiger partial charge in [-0.25, -0.2) is 8.78 Å². The van der Waals surface area contributed by atoms with Crippen LogP contribution in [-0.2, 0) is 0 Å². The average Bonchev–Trinajstić information content (AvgIpc) is 2.29. The minimum Gasteiger partial charge on any atom is -0.372 e. The van der Waals surface area contributed by atoms with Crippen LogP contribution in [0.1, 0.15) is 25.3 Å². The van der Waals surface area contributed by atoms with Crippen LogP contribution in [0.2, 0.25) is 0 Å². The van der Waals surface area contributed by atoms with Crippen LogP contribution in [0.25, 0.3) is 0 Å². The first-order valence-electron chi connectivity index (χ1n) is 5.21.